The standard InChI is InChI=1S/C10H13NO2/c1-12-7-11-9-2-3-10-8(6-9)4-5-13-10/h2-3,6,11H,4-5,7H2,1H3. The summed E-state index contributed by atoms with van der Waals surface area (Å²) in [4.78, 5) is 0. The van der Waals surface area contributed by atoms with Crippen LogP contribution in [-0.4, -0.2) is 20.4 Å². The van der Waals surface area contributed by atoms with Crippen LogP contribution in [0.1, 0.15) is 5.56 Å². The quantitative estimate of drug-likeness (QED) is 0.715. The third-order valence-electron chi connectivity index (χ3n) is 2.11. The summed E-state index contributed by atoms with van der Waals surface area (Å²) in [6.07, 6.45) is 1.01. The molecule has 0 saturated carbocycles. The van der Waals surface area contributed by atoms with E-state index < -0.39 is 0 Å². The second-order valence-electron chi connectivity index (χ2n) is 3.03. The third kappa shape index (κ3) is 1.75. The molecule has 0 spiro atoms. The van der Waals surface area contributed by atoms with Crippen LogP contribution in [0.3, 0.4) is 0 Å². The molecule has 0 aromatic heterocycles. The van der Waals surface area contributed by atoms with Crippen LogP contribution in [0.4, 0.5) is 5.69 Å². The lowest BCUT2D eigenvalue weighted by Crippen LogP contribution is -2.02. The van der Waals surface area contributed by atoms with E-state index in [1.54, 1.807) is 7.11 Å². The van der Waals surface area contributed by atoms with Crippen LogP contribution in [0, 0.1) is 0 Å². The minimum absolute atomic E-state index is 0.541. The average molecular weight is 179 g/mol. The zero-order valence-electron chi connectivity index (χ0n) is 7.67. The van der Waals surface area contributed by atoms with Gasteiger partial charge in [0.1, 0.15) is 12.5 Å². The first-order valence-corrected chi connectivity index (χ1v) is 4.38. The second kappa shape index (κ2) is 3.66. The van der Waals surface area contributed by atoms with Gasteiger partial charge in [0.15, 0.2) is 0 Å². The van der Waals surface area contributed by atoms with E-state index in [-0.39, 0.29) is 0 Å². The van der Waals surface area contributed by atoms with Gasteiger partial charge in [0.2, 0.25) is 0 Å². The van der Waals surface area contributed by atoms with Crippen LogP contribution in [0.25, 0.3) is 0 Å². The molecule has 1 aliphatic heterocycles. The Bertz CT molecular complexity index is 299. The molecule has 0 amide bonds. The first-order chi connectivity index (χ1) is 6.40. The summed E-state index contributed by atoms with van der Waals surface area (Å²) in [5.41, 5.74) is 2.37. The van der Waals surface area contributed by atoms with Crippen LogP contribution < -0.4 is 10.1 Å². The van der Waals surface area contributed by atoms with Gasteiger partial charge < -0.3 is 14.8 Å². The lowest BCUT2D eigenvalue weighted by molar-refractivity contribution is 0.221. The Kier molecular flexibility index (Phi) is 2.36. The fourth-order valence-corrected chi connectivity index (χ4v) is 1.45. The molecule has 0 bridgehead atoms. The molecule has 3 nitrogen and oxygen atoms in total. The summed E-state index contributed by atoms with van der Waals surface area (Å²) < 4.78 is 10.3. The summed E-state index contributed by atoms with van der Waals surface area (Å²) in [7, 11) is 1.67. The van der Waals surface area contributed by atoms with E-state index >= 15 is 0 Å². The van der Waals surface area contributed by atoms with Gasteiger partial charge in [-0.3, -0.25) is 0 Å². The van der Waals surface area contributed by atoms with E-state index in [1.165, 1.54) is 5.56 Å². The lowest BCUT2D eigenvalue weighted by Gasteiger charge is -2.06. The number of fused-ring (bicyclic) bond motifs is 1. The molecule has 1 aromatic carbocycles. The largest absolute Gasteiger partial charge is 0.493 e. The van der Waals surface area contributed by atoms with Gasteiger partial charge in [-0.25, -0.2) is 0 Å². The molecule has 13 heavy (non-hydrogen) atoms. The summed E-state index contributed by atoms with van der Waals surface area (Å²) >= 11 is 0. The average Bonchev–Trinajstić information content (AvgIpc) is 2.61. The summed E-state index contributed by atoms with van der Waals surface area (Å²) in [6, 6.07) is 6.12. The molecule has 0 aliphatic carbocycles. The van der Waals surface area contributed by atoms with E-state index in [2.05, 4.69) is 11.4 Å². The van der Waals surface area contributed by atoms with Crippen molar-refractivity contribution in [3.63, 3.8) is 0 Å². The van der Waals surface area contributed by atoms with Crippen LogP contribution in [0.15, 0.2) is 18.2 Å². The van der Waals surface area contributed by atoms with Gasteiger partial charge in [0.25, 0.3) is 0 Å². The number of anilines is 1. The molecule has 1 aromatic rings. The van der Waals surface area contributed by atoms with Crippen LogP contribution >= 0.6 is 0 Å². The molecule has 0 unspecified atom stereocenters. The highest BCUT2D eigenvalue weighted by atomic mass is 16.5. The number of ether oxygens (including phenoxy) is 2. The lowest BCUT2D eigenvalue weighted by atomic mass is 10.1. The van der Waals surface area contributed by atoms with Crippen molar-refractivity contribution in [2.24, 2.45) is 0 Å². The fraction of sp³-hybridized carbons (Fsp3) is 0.400. The molecule has 2 rings (SSSR count). The molecular formula is C10H13NO2. The van der Waals surface area contributed by atoms with Crippen molar-refractivity contribution in [3.8, 4) is 5.75 Å². The highest BCUT2D eigenvalue weighted by molar-refractivity contribution is 5.52. The number of rotatable bonds is 3. The van der Waals surface area contributed by atoms with Crippen LogP contribution in [0.5, 0.6) is 5.75 Å². The normalized spacial score (nSPS) is 13.6. The maximum Gasteiger partial charge on any atom is 0.122 e. The molecule has 0 saturated heterocycles. The topological polar surface area (TPSA) is 30.5 Å². The van der Waals surface area contributed by atoms with Gasteiger partial charge in [-0.15, -0.1) is 0 Å². The molecule has 70 valence electrons. The van der Waals surface area contributed by atoms with Crippen molar-refractivity contribution < 1.29 is 9.47 Å². The predicted molar refractivity (Wildman–Crippen MR) is 51.1 cm³/mol. The number of methoxy groups -OCH3 is 1. The van der Waals surface area contributed by atoms with Crippen molar-refractivity contribution in [2.45, 2.75) is 6.42 Å². The van der Waals surface area contributed by atoms with Crippen molar-refractivity contribution in [1.29, 1.82) is 0 Å². The Morgan fingerprint density at radius 1 is 1.54 bits per heavy atom. The number of hydrogen-bond acceptors (Lipinski definition) is 3. The number of hydrogen-bond donors (Lipinski definition) is 1. The Morgan fingerprint density at radius 2 is 2.46 bits per heavy atom. The summed E-state index contributed by atoms with van der Waals surface area (Å²) in [5.74, 6) is 1.02. The highest BCUT2D eigenvalue weighted by Crippen LogP contribution is 2.27. The van der Waals surface area contributed by atoms with Crippen LogP contribution in [0.2, 0.25) is 0 Å². The second-order valence-corrected chi connectivity index (χ2v) is 3.03. The van der Waals surface area contributed by atoms with E-state index in [0.717, 1.165) is 24.5 Å². The molecule has 1 N–H and O–H groups in total. The Morgan fingerprint density at radius 3 is 3.31 bits per heavy atom. The number of benzene rings is 1. The maximum absolute atomic E-state index is 5.40. The van der Waals surface area contributed by atoms with Gasteiger partial charge in [-0.2, -0.15) is 0 Å². The van der Waals surface area contributed by atoms with E-state index in [9.17, 15) is 0 Å². The molecular weight excluding hydrogens is 166 g/mol. The monoisotopic (exact) mass is 179 g/mol. The van der Waals surface area contributed by atoms with Crippen molar-refractivity contribution >= 4 is 5.69 Å². The highest BCUT2D eigenvalue weighted by Gasteiger charge is 2.11. The maximum atomic E-state index is 5.40. The molecule has 0 atom stereocenters. The molecule has 0 fully saturated rings. The van der Waals surface area contributed by atoms with Crippen molar-refractivity contribution in [3.05, 3.63) is 23.8 Å². The number of nitrogens with one attached hydrogen (secondary N) is 1. The first-order valence-electron chi connectivity index (χ1n) is 4.38. The van der Waals surface area contributed by atoms with Gasteiger partial charge >= 0.3 is 0 Å². The first kappa shape index (κ1) is 8.38. The molecule has 3 heteroatoms. The zero-order chi connectivity index (χ0) is 9.10. The summed E-state index contributed by atoms with van der Waals surface area (Å²) in [6.45, 7) is 1.35. The van der Waals surface area contributed by atoms with Gasteiger partial charge in [0, 0.05) is 19.2 Å². The third-order valence-corrected chi connectivity index (χ3v) is 2.11. The van der Waals surface area contributed by atoms with Gasteiger partial charge in [-0.05, 0) is 23.8 Å². The van der Waals surface area contributed by atoms with Crippen molar-refractivity contribution in [1.82, 2.24) is 0 Å². The Hall–Kier alpha value is -1.22. The minimum atomic E-state index is 0.541. The molecule has 1 aliphatic rings. The Labute approximate surface area is 77.7 Å². The van der Waals surface area contributed by atoms with E-state index in [0.29, 0.717) is 6.73 Å². The predicted octanol–water partition coefficient (Wildman–Crippen LogP) is 1.64. The smallest absolute Gasteiger partial charge is 0.122 e. The fourth-order valence-electron chi connectivity index (χ4n) is 1.45. The Balaban J connectivity index is 2.12. The van der Waals surface area contributed by atoms with E-state index in [4.69, 9.17) is 9.47 Å². The van der Waals surface area contributed by atoms with Gasteiger partial charge in [-0.1, -0.05) is 0 Å². The molecule has 1 heterocycles. The van der Waals surface area contributed by atoms with Crippen LogP contribution in [-0.2, 0) is 11.2 Å². The van der Waals surface area contributed by atoms with E-state index in [1.807, 2.05) is 12.1 Å². The van der Waals surface area contributed by atoms with Gasteiger partial charge in [0.05, 0.1) is 6.61 Å². The summed E-state index contributed by atoms with van der Waals surface area (Å²) in [5, 5.41) is 3.15. The zero-order valence-corrected chi connectivity index (χ0v) is 7.67. The van der Waals surface area contributed by atoms with Crippen molar-refractivity contribution in [2.75, 3.05) is 25.8 Å². The minimum Gasteiger partial charge on any atom is -0.493 e. The molecule has 0 radical (unpaired) electrons. The SMILES string of the molecule is COCNc1ccc2c(c1)CCO2.